The van der Waals surface area contributed by atoms with Crippen LogP contribution in [0.3, 0.4) is 0 Å². The average molecular weight is 396 g/mol. The molecule has 0 saturated carbocycles. The van der Waals surface area contributed by atoms with Crippen LogP contribution in [0.25, 0.3) is 0 Å². The molecule has 27 heavy (non-hydrogen) atoms. The van der Waals surface area contributed by atoms with Gasteiger partial charge in [-0.3, -0.25) is 0 Å². The van der Waals surface area contributed by atoms with E-state index in [4.69, 9.17) is 13.9 Å². The van der Waals surface area contributed by atoms with E-state index in [9.17, 15) is 9.59 Å². The maximum atomic E-state index is 12.8. The number of rotatable bonds is 7. The maximum absolute atomic E-state index is 12.8. The summed E-state index contributed by atoms with van der Waals surface area (Å²) in [6.45, 7) is 12.1. The minimum Gasteiger partial charge on any atom is -0.458 e. The molecule has 1 rings (SSSR count). The third-order valence-electron chi connectivity index (χ3n) is 4.84. The summed E-state index contributed by atoms with van der Waals surface area (Å²) >= 11 is 0. The zero-order valence-corrected chi connectivity index (χ0v) is 18.8. The molecule has 0 aliphatic rings. The van der Waals surface area contributed by atoms with E-state index < -0.39 is 26.0 Å². The highest BCUT2D eigenvalue weighted by Gasteiger charge is 2.45. The van der Waals surface area contributed by atoms with Crippen LogP contribution in [0.2, 0.25) is 18.1 Å². The lowest BCUT2D eigenvalue weighted by Crippen LogP contribution is -2.52. The maximum Gasteiger partial charge on any atom is 0.410 e. The van der Waals surface area contributed by atoms with Crippen molar-refractivity contribution in [3.63, 3.8) is 0 Å². The molecule has 0 aromatic heterocycles. The number of carbonyl (C=O) groups excluding carboxylic acids is 2. The van der Waals surface area contributed by atoms with Gasteiger partial charge in [-0.05, 0) is 30.6 Å². The number of amides is 1. The number of esters is 1. The Morgan fingerprint density at radius 3 is 2.07 bits per heavy atom. The van der Waals surface area contributed by atoms with E-state index in [1.54, 1.807) is 14.1 Å². The van der Waals surface area contributed by atoms with E-state index in [1.807, 2.05) is 30.3 Å². The second-order valence-corrected chi connectivity index (χ2v) is 13.4. The fourth-order valence-corrected chi connectivity index (χ4v) is 2.89. The summed E-state index contributed by atoms with van der Waals surface area (Å²) < 4.78 is 17.0. The van der Waals surface area contributed by atoms with Crippen LogP contribution in [-0.4, -0.2) is 51.6 Å². The summed E-state index contributed by atoms with van der Waals surface area (Å²) in [6.07, 6.45) is -0.618. The van der Waals surface area contributed by atoms with Crippen LogP contribution >= 0.6 is 0 Å². The number of carbonyl (C=O) groups is 2. The van der Waals surface area contributed by atoms with E-state index in [0.29, 0.717) is 0 Å². The fourth-order valence-electron chi connectivity index (χ4n) is 1.82. The standard InChI is InChI=1S/C20H33NO5Si/c1-19(2,3)27(7,8)25-15-20(4,26-18(23)21(5)6)17(22)24-14-16-12-10-9-11-13-16/h9-13H,14-15H2,1-8H3. The molecule has 0 N–H and O–H groups in total. The molecule has 0 aliphatic heterocycles. The van der Waals surface area contributed by atoms with Crippen molar-refractivity contribution in [2.24, 2.45) is 0 Å². The molecule has 0 radical (unpaired) electrons. The zero-order chi connectivity index (χ0) is 20.9. The molecular weight excluding hydrogens is 362 g/mol. The first-order valence-corrected chi connectivity index (χ1v) is 11.9. The molecule has 1 amide bonds. The number of nitrogens with zero attached hydrogens (tertiary/aromatic N) is 1. The van der Waals surface area contributed by atoms with Gasteiger partial charge in [0.1, 0.15) is 6.61 Å². The largest absolute Gasteiger partial charge is 0.458 e. The molecule has 1 aromatic carbocycles. The first-order chi connectivity index (χ1) is 12.3. The van der Waals surface area contributed by atoms with E-state index >= 15 is 0 Å². The highest BCUT2D eigenvalue weighted by Crippen LogP contribution is 2.37. The van der Waals surface area contributed by atoms with Gasteiger partial charge < -0.3 is 18.8 Å². The monoisotopic (exact) mass is 395 g/mol. The third kappa shape index (κ3) is 6.66. The van der Waals surface area contributed by atoms with Gasteiger partial charge in [0.15, 0.2) is 8.32 Å². The lowest BCUT2D eigenvalue weighted by Gasteiger charge is -2.39. The second kappa shape index (κ2) is 8.88. The molecule has 0 bridgehead atoms. The Kier molecular flexibility index (Phi) is 7.63. The molecule has 1 aromatic rings. The highest BCUT2D eigenvalue weighted by molar-refractivity contribution is 6.74. The Morgan fingerprint density at radius 1 is 1.04 bits per heavy atom. The Hall–Kier alpha value is -1.86. The second-order valence-electron chi connectivity index (χ2n) is 8.60. The highest BCUT2D eigenvalue weighted by atomic mass is 28.4. The van der Waals surface area contributed by atoms with Gasteiger partial charge in [-0.2, -0.15) is 0 Å². The van der Waals surface area contributed by atoms with Crippen molar-refractivity contribution in [2.75, 3.05) is 20.7 Å². The molecule has 0 spiro atoms. The quantitative estimate of drug-likeness (QED) is 0.511. The number of ether oxygens (including phenoxy) is 2. The molecule has 152 valence electrons. The summed E-state index contributed by atoms with van der Waals surface area (Å²) in [6, 6.07) is 9.36. The van der Waals surface area contributed by atoms with Gasteiger partial charge in [0, 0.05) is 14.1 Å². The van der Waals surface area contributed by atoms with Crippen molar-refractivity contribution in [2.45, 2.75) is 58.0 Å². The fraction of sp³-hybridized carbons (Fsp3) is 0.600. The average Bonchev–Trinajstić information content (AvgIpc) is 2.57. The molecule has 1 atom stereocenters. The van der Waals surface area contributed by atoms with Crippen molar-refractivity contribution in [3.8, 4) is 0 Å². The van der Waals surface area contributed by atoms with Gasteiger partial charge in [0.05, 0.1) is 6.61 Å². The summed E-state index contributed by atoms with van der Waals surface area (Å²) in [7, 11) is 0.986. The number of hydrogen-bond acceptors (Lipinski definition) is 5. The zero-order valence-electron chi connectivity index (χ0n) is 17.8. The minimum atomic E-state index is -2.14. The van der Waals surface area contributed by atoms with Gasteiger partial charge in [-0.15, -0.1) is 0 Å². The Morgan fingerprint density at radius 2 is 1.59 bits per heavy atom. The van der Waals surface area contributed by atoms with Crippen LogP contribution in [0, 0.1) is 0 Å². The van der Waals surface area contributed by atoms with Crippen LogP contribution in [-0.2, 0) is 25.3 Å². The summed E-state index contributed by atoms with van der Waals surface area (Å²) in [4.78, 5) is 26.2. The molecule has 0 aliphatic carbocycles. The predicted molar refractivity (Wildman–Crippen MR) is 108 cm³/mol. The lowest BCUT2D eigenvalue weighted by molar-refractivity contribution is -0.169. The Bertz CT molecular complexity index is 640. The van der Waals surface area contributed by atoms with Crippen molar-refractivity contribution < 1.29 is 23.5 Å². The molecule has 6 nitrogen and oxygen atoms in total. The van der Waals surface area contributed by atoms with Crippen LogP contribution in [0.15, 0.2) is 30.3 Å². The Balaban J connectivity index is 2.92. The van der Waals surface area contributed by atoms with Crippen LogP contribution < -0.4 is 0 Å². The first kappa shape index (κ1) is 23.2. The van der Waals surface area contributed by atoms with Crippen LogP contribution in [0.1, 0.15) is 33.3 Å². The summed E-state index contributed by atoms with van der Waals surface area (Å²) in [5, 5.41) is -0.0343. The van der Waals surface area contributed by atoms with Gasteiger partial charge >= 0.3 is 12.1 Å². The minimum absolute atomic E-state index is 0.0343. The predicted octanol–water partition coefficient (Wildman–Crippen LogP) is 4.21. The van der Waals surface area contributed by atoms with Gasteiger partial charge in [0.25, 0.3) is 0 Å². The molecular formula is C20H33NO5Si. The molecule has 7 heteroatoms. The van der Waals surface area contributed by atoms with Crippen LogP contribution in [0.5, 0.6) is 0 Å². The smallest absolute Gasteiger partial charge is 0.410 e. The van der Waals surface area contributed by atoms with Crippen molar-refractivity contribution in [1.29, 1.82) is 0 Å². The van der Waals surface area contributed by atoms with E-state index in [2.05, 4.69) is 33.9 Å². The summed E-state index contributed by atoms with van der Waals surface area (Å²) in [5.41, 5.74) is -0.663. The Labute approximate surface area is 163 Å². The van der Waals surface area contributed by atoms with E-state index in [0.717, 1.165) is 5.56 Å². The normalized spacial score (nSPS) is 14.2. The molecule has 0 saturated heterocycles. The topological polar surface area (TPSA) is 65.1 Å². The molecule has 0 fully saturated rings. The number of benzene rings is 1. The van der Waals surface area contributed by atoms with Crippen LogP contribution in [0.4, 0.5) is 4.79 Å². The molecule has 1 unspecified atom stereocenters. The third-order valence-corrected chi connectivity index (χ3v) is 9.32. The number of hydrogen-bond donors (Lipinski definition) is 0. The van der Waals surface area contributed by atoms with Crippen molar-refractivity contribution in [1.82, 2.24) is 4.90 Å². The van der Waals surface area contributed by atoms with Crippen molar-refractivity contribution in [3.05, 3.63) is 35.9 Å². The van der Waals surface area contributed by atoms with Gasteiger partial charge in [-0.25, -0.2) is 9.59 Å². The first-order valence-electron chi connectivity index (χ1n) is 9.04. The molecule has 0 heterocycles. The van der Waals surface area contributed by atoms with Crippen molar-refractivity contribution >= 4 is 20.4 Å². The van der Waals surface area contributed by atoms with E-state index in [-0.39, 0.29) is 18.3 Å². The lowest BCUT2D eigenvalue weighted by atomic mass is 10.1. The summed E-state index contributed by atoms with van der Waals surface area (Å²) in [5.74, 6) is -0.625. The SMILES string of the molecule is CN(C)C(=O)OC(C)(CO[Si](C)(C)C(C)(C)C)C(=O)OCc1ccccc1. The van der Waals surface area contributed by atoms with Gasteiger partial charge in [0.2, 0.25) is 5.60 Å². The van der Waals surface area contributed by atoms with E-state index in [1.165, 1.54) is 11.8 Å². The van der Waals surface area contributed by atoms with Gasteiger partial charge in [-0.1, -0.05) is 51.1 Å².